The van der Waals surface area contributed by atoms with E-state index in [1.54, 1.807) is 24.5 Å². The van der Waals surface area contributed by atoms with Gasteiger partial charge in [-0.25, -0.2) is 4.39 Å². The van der Waals surface area contributed by atoms with Crippen LogP contribution in [0, 0.1) is 12.7 Å². The van der Waals surface area contributed by atoms with Crippen LogP contribution in [0.4, 0.5) is 10.1 Å². The van der Waals surface area contributed by atoms with Gasteiger partial charge in [0.1, 0.15) is 5.82 Å². The van der Waals surface area contributed by atoms with Gasteiger partial charge in [-0.05, 0) is 62.4 Å². The molecule has 2 aromatic heterocycles. The topological polar surface area (TPSA) is 72.7 Å². The summed E-state index contributed by atoms with van der Waals surface area (Å²) in [6.07, 6.45) is 3.34. The summed E-state index contributed by atoms with van der Waals surface area (Å²) in [7, 11) is 0. The van der Waals surface area contributed by atoms with E-state index in [-0.39, 0.29) is 11.7 Å². The molecule has 0 saturated carbocycles. The van der Waals surface area contributed by atoms with Gasteiger partial charge < -0.3 is 5.32 Å². The number of anilines is 1. The summed E-state index contributed by atoms with van der Waals surface area (Å²) in [5.74, 6) is 0.109. The fourth-order valence-electron chi connectivity index (χ4n) is 2.95. The van der Waals surface area contributed by atoms with E-state index in [0.717, 1.165) is 16.8 Å². The Bertz CT molecular complexity index is 1180. The molecule has 1 amide bonds. The Labute approximate surface area is 183 Å². The van der Waals surface area contributed by atoms with Crippen molar-refractivity contribution in [3.05, 3.63) is 84.4 Å². The average molecular weight is 434 g/mol. The lowest BCUT2D eigenvalue weighted by molar-refractivity contribution is -0.115. The highest BCUT2D eigenvalue weighted by Gasteiger charge is 2.22. The summed E-state index contributed by atoms with van der Waals surface area (Å²) in [5.41, 5.74) is 3.37. The number of hydrogen-bond donors (Lipinski definition) is 1. The molecular formula is C23H20FN5OS. The zero-order valence-corrected chi connectivity index (χ0v) is 17.8. The molecule has 6 nitrogen and oxygen atoms in total. The van der Waals surface area contributed by atoms with Crippen LogP contribution in [-0.4, -0.2) is 30.9 Å². The van der Waals surface area contributed by atoms with Crippen molar-refractivity contribution in [1.29, 1.82) is 0 Å². The number of aryl methyl sites for hydroxylation is 1. The maximum absolute atomic E-state index is 13.5. The summed E-state index contributed by atoms with van der Waals surface area (Å²) in [6, 6.07) is 17.4. The van der Waals surface area contributed by atoms with Crippen molar-refractivity contribution >= 4 is 23.4 Å². The van der Waals surface area contributed by atoms with Gasteiger partial charge in [0.25, 0.3) is 0 Å². The van der Waals surface area contributed by atoms with Gasteiger partial charge in [-0.15, -0.1) is 10.2 Å². The second-order valence-corrected chi connectivity index (χ2v) is 8.28. The van der Waals surface area contributed by atoms with Crippen molar-refractivity contribution in [3.63, 3.8) is 0 Å². The van der Waals surface area contributed by atoms with Crippen LogP contribution in [0.3, 0.4) is 0 Å². The Morgan fingerprint density at radius 2 is 1.68 bits per heavy atom. The van der Waals surface area contributed by atoms with E-state index < -0.39 is 5.25 Å². The number of aromatic nitrogens is 4. The molecule has 2 aromatic carbocycles. The molecule has 4 rings (SSSR count). The van der Waals surface area contributed by atoms with Gasteiger partial charge in [0, 0.05) is 29.3 Å². The van der Waals surface area contributed by atoms with Crippen LogP contribution in [0.15, 0.2) is 78.2 Å². The third-order valence-corrected chi connectivity index (χ3v) is 5.67. The molecule has 0 aliphatic carbocycles. The van der Waals surface area contributed by atoms with E-state index >= 15 is 0 Å². The normalized spacial score (nSPS) is 11.8. The highest BCUT2D eigenvalue weighted by atomic mass is 32.2. The molecule has 0 aliphatic rings. The minimum Gasteiger partial charge on any atom is -0.325 e. The number of amides is 1. The van der Waals surface area contributed by atoms with Crippen LogP contribution in [0.25, 0.3) is 17.1 Å². The predicted octanol–water partition coefficient (Wildman–Crippen LogP) is 4.90. The number of carbonyl (C=O) groups excluding carboxylic acids is 1. The van der Waals surface area contributed by atoms with Gasteiger partial charge >= 0.3 is 0 Å². The molecule has 1 atom stereocenters. The Balaban J connectivity index is 1.63. The molecule has 2 heterocycles. The first-order chi connectivity index (χ1) is 15.0. The summed E-state index contributed by atoms with van der Waals surface area (Å²) in [4.78, 5) is 16.8. The number of pyridine rings is 1. The van der Waals surface area contributed by atoms with Crippen LogP contribution < -0.4 is 5.32 Å². The zero-order chi connectivity index (χ0) is 21.8. The molecule has 0 aliphatic heterocycles. The molecule has 0 radical (unpaired) electrons. The third-order valence-electron chi connectivity index (χ3n) is 4.63. The maximum atomic E-state index is 13.5. The molecule has 8 heteroatoms. The highest BCUT2D eigenvalue weighted by Crippen LogP contribution is 2.30. The number of hydrogen-bond acceptors (Lipinski definition) is 5. The minimum atomic E-state index is -0.435. The van der Waals surface area contributed by atoms with Crippen LogP contribution in [-0.2, 0) is 4.79 Å². The van der Waals surface area contributed by atoms with Crippen LogP contribution in [0.2, 0.25) is 0 Å². The van der Waals surface area contributed by atoms with Crippen LogP contribution in [0.5, 0.6) is 0 Å². The lowest BCUT2D eigenvalue weighted by atomic mass is 10.2. The Morgan fingerprint density at radius 1 is 1.00 bits per heavy atom. The smallest absolute Gasteiger partial charge is 0.237 e. The quantitative estimate of drug-likeness (QED) is 0.438. The third kappa shape index (κ3) is 4.80. The molecule has 0 saturated heterocycles. The van der Waals surface area contributed by atoms with E-state index in [1.165, 1.54) is 23.9 Å². The van der Waals surface area contributed by atoms with Crippen molar-refractivity contribution in [3.8, 4) is 17.1 Å². The number of thioether (sulfide) groups is 1. The molecule has 0 fully saturated rings. The fourth-order valence-corrected chi connectivity index (χ4v) is 3.82. The molecule has 1 N–H and O–H groups in total. The first kappa shape index (κ1) is 20.7. The molecule has 31 heavy (non-hydrogen) atoms. The van der Waals surface area contributed by atoms with Crippen molar-refractivity contribution < 1.29 is 9.18 Å². The van der Waals surface area contributed by atoms with E-state index in [1.807, 2.05) is 54.8 Å². The predicted molar refractivity (Wildman–Crippen MR) is 120 cm³/mol. The van der Waals surface area contributed by atoms with E-state index in [4.69, 9.17) is 0 Å². The van der Waals surface area contributed by atoms with Gasteiger partial charge in [0.2, 0.25) is 5.91 Å². The number of carbonyl (C=O) groups is 1. The lowest BCUT2D eigenvalue weighted by Gasteiger charge is -2.14. The van der Waals surface area contributed by atoms with Gasteiger partial charge in [0.15, 0.2) is 11.0 Å². The SMILES string of the molecule is Cc1ccc(NC(=O)C(C)Sc2nnc(-c3ccncc3)n2-c2ccc(F)cc2)cc1. The first-order valence-electron chi connectivity index (χ1n) is 9.67. The van der Waals surface area contributed by atoms with Gasteiger partial charge in [-0.2, -0.15) is 0 Å². The van der Waals surface area contributed by atoms with E-state index in [9.17, 15) is 9.18 Å². The zero-order valence-electron chi connectivity index (χ0n) is 17.0. The fraction of sp³-hybridized carbons (Fsp3) is 0.130. The van der Waals surface area contributed by atoms with Crippen LogP contribution >= 0.6 is 11.8 Å². The van der Waals surface area contributed by atoms with E-state index in [0.29, 0.717) is 16.7 Å². The molecule has 156 valence electrons. The Kier molecular flexibility index (Phi) is 6.08. The molecule has 0 bridgehead atoms. The number of halogens is 1. The largest absolute Gasteiger partial charge is 0.325 e. The first-order valence-corrected chi connectivity index (χ1v) is 10.5. The number of nitrogens with zero attached hydrogens (tertiary/aromatic N) is 4. The Hall–Kier alpha value is -3.52. The molecular weight excluding hydrogens is 413 g/mol. The second kappa shape index (κ2) is 9.09. The summed E-state index contributed by atoms with van der Waals surface area (Å²) in [6.45, 7) is 3.80. The van der Waals surface area contributed by atoms with Crippen molar-refractivity contribution in [1.82, 2.24) is 19.7 Å². The van der Waals surface area contributed by atoms with Gasteiger partial charge in [0.05, 0.1) is 5.25 Å². The van der Waals surface area contributed by atoms with Crippen molar-refractivity contribution in [2.24, 2.45) is 0 Å². The summed E-state index contributed by atoms with van der Waals surface area (Å²) in [5, 5.41) is 11.7. The molecule has 4 aromatic rings. The minimum absolute atomic E-state index is 0.145. The van der Waals surface area contributed by atoms with Gasteiger partial charge in [-0.3, -0.25) is 14.3 Å². The number of rotatable bonds is 6. The van der Waals surface area contributed by atoms with Crippen molar-refractivity contribution in [2.45, 2.75) is 24.3 Å². The average Bonchev–Trinajstić information content (AvgIpc) is 3.20. The van der Waals surface area contributed by atoms with E-state index in [2.05, 4.69) is 20.5 Å². The summed E-state index contributed by atoms with van der Waals surface area (Å²) >= 11 is 1.28. The Morgan fingerprint density at radius 3 is 2.35 bits per heavy atom. The molecule has 0 spiro atoms. The summed E-state index contributed by atoms with van der Waals surface area (Å²) < 4.78 is 15.3. The van der Waals surface area contributed by atoms with Crippen molar-refractivity contribution in [2.75, 3.05) is 5.32 Å². The lowest BCUT2D eigenvalue weighted by Crippen LogP contribution is -2.22. The van der Waals surface area contributed by atoms with Crippen LogP contribution in [0.1, 0.15) is 12.5 Å². The molecule has 1 unspecified atom stereocenters. The van der Waals surface area contributed by atoms with Gasteiger partial charge in [-0.1, -0.05) is 29.5 Å². The standard InChI is InChI=1S/C23H20FN5OS/c1-15-3-7-19(8-4-15)26-22(30)16(2)31-23-28-27-21(17-11-13-25-14-12-17)29(23)20-9-5-18(24)6-10-20/h3-14,16H,1-2H3,(H,26,30). The number of benzene rings is 2. The maximum Gasteiger partial charge on any atom is 0.237 e. The second-order valence-electron chi connectivity index (χ2n) is 6.97. The monoisotopic (exact) mass is 433 g/mol. The highest BCUT2D eigenvalue weighted by molar-refractivity contribution is 8.00. The number of nitrogens with one attached hydrogen (secondary N) is 1.